The van der Waals surface area contributed by atoms with Crippen molar-refractivity contribution in [1.29, 1.82) is 0 Å². The first kappa shape index (κ1) is 20.8. The zero-order chi connectivity index (χ0) is 17.2. The molecular formula is C19H25ClN2O3. The SMILES string of the molecule is CNCCCC(=O)NCc1ccc(Oc2ccccc2OC)cc1.Cl. The molecule has 2 aromatic carbocycles. The highest BCUT2D eigenvalue weighted by Gasteiger charge is 2.05. The summed E-state index contributed by atoms with van der Waals surface area (Å²) < 4.78 is 11.1. The van der Waals surface area contributed by atoms with Crippen molar-refractivity contribution in [3.8, 4) is 17.2 Å². The second-order valence-corrected chi connectivity index (χ2v) is 5.38. The van der Waals surface area contributed by atoms with E-state index in [1.165, 1.54) is 0 Å². The molecule has 0 aliphatic carbocycles. The van der Waals surface area contributed by atoms with Crippen molar-refractivity contribution in [2.45, 2.75) is 19.4 Å². The van der Waals surface area contributed by atoms with Gasteiger partial charge in [-0.3, -0.25) is 4.79 Å². The molecular weight excluding hydrogens is 340 g/mol. The lowest BCUT2D eigenvalue weighted by atomic mass is 10.2. The third-order valence-electron chi connectivity index (χ3n) is 3.54. The second kappa shape index (κ2) is 11.3. The van der Waals surface area contributed by atoms with Gasteiger partial charge in [-0.2, -0.15) is 0 Å². The van der Waals surface area contributed by atoms with Gasteiger partial charge in [0.05, 0.1) is 7.11 Å². The number of carbonyl (C=O) groups is 1. The smallest absolute Gasteiger partial charge is 0.220 e. The highest BCUT2D eigenvalue weighted by atomic mass is 35.5. The van der Waals surface area contributed by atoms with Gasteiger partial charge in [0.2, 0.25) is 5.91 Å². The highest BCUT2D eigenvalue weighted by molar-refractivity contribution is 5.85. The Kier molecular flexibility index (Phi) is 9.43. The van der Waals surface area contributed by atoms with E-state index in [9.17, 15) is 4.79 Å². The van der Waals surface area contributed by atoms with Crippen LogP contribution in [0.25, 0.3) is 0 Å². The van der Waals surface area contributed by atoms with Crippen LogP contribution in [0, 0.1) is 0 Å². The van der Waals surface area contributed by atoms with Crippen molar-refractivity contribution >= 4 is 18.3 Å². The normalized spacial score (nSPS) is 9.84. The Morgan fingerprint density at radius 3 is 2.36 bits per heavy atom. The predicted molar refractivity (Wildman–Crippen MR) is 102 cm³/mol. The number of halogens is 1. The number of ether oxygens (including phenoxy) is 2. The van der Waals surface area contributed by atoms with Crippen molar-refractivity contribution in [2.75, 3.05) is 20.7 Å². The van der Waals surface area contributed by atoms with Gasteiger partial charge in [-0.05, 0) is 49.8 Å². The van der Waals surface area contributed by atoms with Gasteiger partial charge in [0, 0.05) is 13.0 Å². The molecule has 6 heteroatoms. The van der Waals surface area contributed by atoms with Crippen molar-refractivity contribution in [2.24, 2.45) is 0 Å². The van der Waals surface area contributed by atoms with Crippen LogP contribution in [-0.2, 0) is 11.3 Å². The minimum Gasteiger partial charge on any atom is -0.493 e. The third-order valence-corrected chi connectivity index (χ3v) is 3.54. The molecule has 0 spiro atoms. The minimum absolute atomic E-state index is 0. The number of hydrogen-bond acceptors (Lipinski definition) is 4. The van der Waals surface area contributed by atoms with E-state index in [0.29, 0.717) is 24.5 Å². The summed E-state index contributed by atoms with van der Waals surface area (Å²) >= 11 is 0. The van der Waals surface area contributed by atoms with Gasteiger partial charge >= 0.3 is 0 Å². The van der Waals surface area contributed by atoms with E-state index in [-0.39, 0.29) is 18.3 Å². The summed E-state index contributed by atoms with van der Waals surface area (Å²) in [5.41, 5.74) is 1.03. The first-order chi connectivity index (χ1) is 11.7. The maximum atomic E-state index is 11.7. The van der Waals surface area contributed by atoms with Gasteiger partial charge in [-0.1, -0.05) is 24.3 Å². The maximum Gasteiger partial charge on any atom is 0.220 e. The van der Waals surface area contributed by atoms with E-state index in [1.807, 2.05) is 55.6 Å². The first-order valence-corrected chi connectivity index (χ1v) is 8.04. The summed E-state index contributed by atoms with van der Waals surface area (Å²) in [6, 6.07) is 15.2. The molecule has 0 heterocycles. The number of amides is 1. The molecule has 0 aliphatic rings. The Labute approximate surface area is 155 Å². The van der Waals surface area contributed by atoms with Crippen LogP contribution in [0.2, 0.25) is 0 Å². The zero-order valence-electron chi connectivity index (χ0n) is 14.6. The highest BCUT2D eigenvalue weighted by Crippen LogP contribution is 2.30. The molecule has 1 amide bonds. The van der Waals surface area contributed by atoms with Crippen LogP contribution in [0.15, 0.2) is 48.5 Å². The van der Waals surface area contributed by atoms with Crippen molar-refractivity contribution < 1.29 is 14.3 Å². The topological polar surface area (TPSA) is 59.6 Å². The number of carbonyl (C=O) groups excluding carboxylic acids is 1. The summed E-state index contributed by atoms with van der Waals surface area (Å²) in [5, 5.41) is 5.95. The molecule has 0 fully saturated rings. The molecule has 5 nitrogen and oxygen atoms in total. The summed E-state index contributed by atoms with van der Waals surface area (Å²) in [6.45, 7) is 1.37. The molecule has 0 saturated heterocycles. The summed E-state index contributed by atoms with van der Waals surface area (Å²) in [5.74, 6) is 2.16. The third kappa shape index (κ3) is 7.03. The second-order valence-electron chi connectivity index (χ2n) is 5.38. The maximum absolute atomic E-state index is 11.7. The van der Waals surface area contributed by atoms with Crippen LogP contribution in [0.1, 0.15) is 18.4 Å². The van der Waals surface area contributed by atoms with Gasteiger partial charge in [0.25, 0.3) is 0 Å². The molecule has 0 saturated carbocycles. The monoisotopic (exact) mass is 364 g/mol. The predicted octanol–water partition coefficient (Wildman–Crippen LogP) is 3.53. The van der Waals surface area contributed by atoms with Gasteiger partial charge in [-0.15, -0.1) is 12.4 Å². The van der Waals surface area contributed by atoms with Crippen LogP contribution >= 0.6 is 12.4 Å². The lowest BCUT2D eigenvalue weighted by Crippen LogP contribution is -2.23. The summed E-state index contributed by atoms with van der Waals surface area (Å²) in [7, 11) is 3.50. The molecule has 0 aliphatic heterocycles. The fourth-order valence-electron chi connectivity index (χ4n) is 2.22. The van der Waals surface area contributed by atoms with Crippen molar-refractivity contribution in [3.63, 3.8) is 0 Å². The fourth-order valence-corrected chi connectivity index (χ4v) is 2.22. The number of rotatable bonds is 9. The standard InChI is InChI=1S/C19H24N2O3.ClH/c1-20-13-5-8-19(22)21-14-15-9-11-16(12-10-15)24-18-7-4-3-6-17(18)23-2;/h3-4,6-7,9-12,20H,5,8,13-14H2,1-2H3,(H,21,22);1H. The van der Waals surface area contributed by atoms with Crippen LogP contribution in [0.5, 0.6) is 17.2 Å². The van der Waals surface area contributed by atoms with Crippen LogP contribution in [0.4, 0.5) is 0 Å². The van der Waals surface area contributed by atoms with Crippen molar-refractivity contribution in [3.05, 3.63) is 54.1 Å². The summed E-state index contributed by atoms with van der Waals surface area (Å²) in [4.78, 5) is 11.7. The Hall–Kier alpha value is -2.24. The van der Waals surface area contributed by atoms with Crippen LogP contribution < -0.4 is 20.1 Å². The molecule has 0 aromatic heterocycles. The molecule has 0 bridgehead atoms. The Morgan fingerprint density at radius 1 is 1.04 bits per heavy atom. The first-order valence-electron chi connectivity index (χ1n) is 8.04. The molecule has 0 radical (unpaired) electrons. The average molecular weight is 365 g/mol. The molecule has 2 N–H and O–H groups in total. The molecule has 136 valence electrons. The van der Waals surface area contributed by atoms with E-state index >= 15 is 0 Å². The lowest BCUT2D eigenvalue weighted by molar-refractivity contribution is -0.121. The van der Waals surface area contributed by atoms with E-state index in [0.717, 1.165) is 24.3 Å². The number of nitrogens with one attached hydrogen (secondary N) is 2. The van der Waals surface area contributed by atoms with Gasteiger partial charge in [-0.25, -0.2) is 0 Å². The van der Waals surface area contributed by atoms with E-state index < -0.39 is 0 Å². The largest absolute Gasteiger partial charge is 0.493 e. The quantitative estimate of drug-likeness (QED) is 0.668. The molecule has 0 unspecified atom stereocenters. The number of para-hydroxylation sites is 2. The number of hydrogen-bond donors (Lipinski definition) is 2. The van der Waals surface area contributed by atoms with E-state index in [4.69, 9.17) is 9.47 Å². The molecule has 2 aromatic rings. The summed E-state index contributed by atoms with van der Waals surface area (Å²) in [6.07, 6.45) is 1.38. The van der Waals surface area contributed by atoms with E-state index in [2.05, 4.69) is 10.6 Å². The zero-order valence-corrected chi connectivity index (χ0v) is 15.4. The van der Waals surface area contributed by atoms with Gasteiger partial charge in [0.15, 0.2) is 11.5 Å². The lowest BCUT2D eigenvalue weighted by Gasteiger charge is -2.10. The Balaban J connectivity index is 0.00000312. The van der Waals surface area contributed by atoms with Crippen molar-refractivity contribution in [1.82, 2.24) is 10.6 Å². The van der Waals surface area contributed by atoms with Crippen LogP contribution in [0.3, 0.4) is 0 Å². The fraction of sp³-hybridized carbons (Fsp3) is 0.316. The molecule has 0 atom stereocenters. The Morgan fingerprint density at radius 2 is 1.72 bits per heavy atom. The molecule has 25 heavy (non-hydrogen) atoms. The Bertz CT molecular complexity index is 647. The number of methoxy groups -OCH3 is 1. The van der Waals surface area contributed by atoms with Gasteiger partial charge in [0.1, 0.15) is 5.75 Å². The minimum atomic E-state index is 0. The average Bonchev–Trinajstić information content (AvgIpc) is 2.62. The molecule has 2 rings (SSSR count). The van der Waals surface area contributed by atoms with Gasteiger partial charge < -0.3 is 20.1 Å². The van der Waals surface area contributed by atoms with Crippen LogP contribution in [-0.4, -0.2) is 26.6 Å². The number of benzene rings is 2. The van der Waals surface area contributed by atoms with E-state index in [1.54, 1.807) is 7.11 Å².